The highest BCUT2D eigenvalue weighted by Crippen LogP contribution is 2.20. The largest absolute Gasteiger partial charge is 0.481 e. The van der Waals surface area contributed by atoms with Gasteiger partial charge in [-0.3, -0.25) is 5.41 Å². The Bertz CT molecular complexity index is 148. The predicted molar refractivity (Wildman–Crippen MR) is 42.7 cm³/mol. The summed E-state index contributed by atoms with van der Waals surface area (Å²) >= 11 is 0.634. The van der Waals surface area contributed by atoms with E-state index in [1.165, 1.54) is 0 Å². The lowest BCUT2D eigenvalue weighted by Gasteiger charge is -2.06. The topological polar surface area (TPSA) is 33.1 Å². The van der Waals surface area contributed by atoms with Crippen molar-refractivity contribution in [2.45, 2.75) is 13.1 Å². The van der Waals surface area contributed by atoms with Gasteiger partial charge < -0.3 is 4.74 Å². The first-order valence-corrected chi connectivity index (χ1v) is 4.46. The number of ether oxygens (including phenoxy) is 1. The molecule has 0 heterocycles. The van der Waals surface area contributed by atoms with Gasteiger partial charge in [-0.25, -0.2) is 0 Å². The summed E-state index contributed by atoms with van der Waals surface area (Å²) in [4.78, 5) is 0. The highest BCUT2D eigenvalue weighted by atomic mass is 32.2. The third-order valence-electron chi connectivity index (χ3n) is 0.817. The molecular formula is C6H10F3NOS. The van der Waals surface area contributed by atoms with Crippen LogP contribution >= 0.6 is 11.8 Å². The Kier molecular flexibility index (Phi) is 5.12. The van der Waals surface area contributed by atoms with Gasteiger partial charge in [-0.1, -0.05) is 0 Å². The van der Waals surface area contributed by atoms with Crippen molar-refractivity contribution in [3.8, 4) is 0 Å². The highest BCUT2D eigenvalue weighted by Gasteiger charge is 2.26. The molecule has 0 radical (unpaired) electrons. The molecule has 6 heteroatoms. The number of hydrogen-bond donors (Lipinski definition) is 1. The van der Waals surface area contributed by atoms with Crippen molar-refractivity contribution < 1.29 is 17.9 Å². The molecule has 1 N–H and O–H groups in total. The van der Waals surface area contributed by atoms with E-state index in [9.17, 15) is 13.2 Å². The Hall–Kier alpha value is -0.390. The van der Waals surface area contributed by atoms with Crippen LogP contribution in [-0.2, 0) is 4.74 Å². The van der Waals surface area contributed by atoms with Crippen LogP contribution in [0.3, 0.4) is 0 Å². The van der Waals surface area contributed by atoms with E-state index in [4.69, 9.17) is 5.41 Å². The van der Waals surface area contributed by atoms with Crippen molar-refractivity contribution >= 4 is 17.7 Å². The van der Waals surface area contributed by atoms with E-state index in [1.807, 2.05) is 0 Å². The van der Waals surface area contributed by atoms with Crippen molar-refractivity contribution in [3.05, 3.63) is 0 Å². The second-order valence-electron chi connectivity index (χ2n) is 1.96. The molecule has 0 saturated carbocycles. The molecular weight excluding hydrogens is 191 g/mol. The second-order valence-corrected chi connectivity index (χ2v) is 2.95. The summed E-state index contributed by atoms with van der Waals surface area (Å²) in [5, 5.41) is 6.99. The van der Waals surface area contributed by atoms with Crippen LogP contribution in [-0.4, -0.2) is 30.2 Å². The smallest absolute Gasteiger partial charge is 0.397 e. The second kappa shape index (κ2) is 5.29. The maximum absolute atomic E-state index is 11.6. The molecule has 0 aromatic carbocycles. The van der Waals surface area contributed by atoms with E-state index in [1.54, 1.807) is 6.92 Å². The van der Waals surface area contributed by atoms with Crippen LogP contribution in [0.4, 0.5) is 13.2 Å². The van der Waals surface area contributed by atoms with Gasteiger partial charge in [0.05, 0.1) is 18.1 Å². The van der Waals surface area contributed by atoms with Crippen LogP contribution in [0.1, 0.15) is 6.92 Å². The fourth-order valence-electron chi connectivity index (χ4n) is 0.475. The number of nitrogens with one attached hydrogen (secondary N) is 1. The van der Waals surface area contributed by atoms with Crippen LogP contribution in [0.25, 0.3) is 0 Å². The van der Waals surface area contributed by atoms with Gasteiger partial charge in [0.2, 0.25) is 0 Å². The number of halogens is 3. The van der Waals surface area contributed by atoms with Gasteiger partial charge in [-0.05, 0) is 6.92 Å². The van der Waals surface area contributed by atoms with Crippen LogP contribution in [0.15, 0.2) is 0 Å². The maximum Gasteiger partial charge on any atom is 0.397 e. The van der Waals surface area contributed by atoms with Gasteiger partial charge in [0.25, 0.3) is 0 Å². The van der Waals surface area contributed by atoms with E-state index < -0.39 is 11.9 Å². The standard InChI is InChI=1S/C6H10F3NOS/c1-2-11-5(10)3-12-4-6(7,8)9/h10H,2-4H2,1H3. The van der Waals surface area contributed by atoms with E-state index in [-0.39, 0.29) is 11.7 Å². The summed E-state index contributed by atoms with van der Waals surface area (Å²) in [6.45, 7) is 2.01. The molecule has 12 heavy (non-hydrogen) atoms. The minimum absolute atomic E-state index is 0.0205. The number of alkyl halides is 3. The lowest BCUT2D eigenvalue weighted by Crippen LogP contribution is -2.14. The molecule has 0 aromatic rings. The predicted octanol–water partition coefficient (Wildman–Crippen LogP) is 2.30. The molecule has 0 rings (SSSR count). The first-order chi connectivity index (χ1) is 5.45. The molecule has 0 unspecified atom stereocenters. The summed E-state index contributed by atoms with van der Waals surface area (Å²) in [7, 11) is 0. The Morgan fingerprint density at radius 2 is 2.08 bits per heavy atom. The Morgan fingerprint density at radius 3 is 2.50 bits per heavy atom. The number of hydrogen-bond acceptors (Lipinski definition) is 3. The van der Waals surface area contributed by atoms with Gasteiger partial charge in [0, 0.05) is 0 Å². The lowest BCUT2D eigenvalue weighted by molar-refractivity contribution is -0.105. The molecule has 0 fully saturated rings. The molecule has 0 aliphatic carbocycles. The Labute approximate surface area is 73.0 Å². The molecule has 0 saturated heterocycles. The van der Waals surface area contributed by atoms with Crippen molar-refractivity contribution in [3.63, 3.8) is 0 Å². The van der Waals surface area contributed by atoms with Crippen molar-refractivity contribution in [2.75, 3.05) is 18.1 Å². The van der Waals surface area contributed by atoms with E-state index in [0.29, 0.717) is 18.4 Å². The van der Waals surface area contributed by atoms with Gasteiger partial charge in [0.1, 0.15) is 0 Å². The zero-order valence-electron chi connectivity index (χ0n) is 6.57. The number of thioether (sulfide) groups is 1. The fraction of sp³-hybridized carbons (Fsp3) is 0.833. The molecule has 0 aliphatic heterocycles. The average Bonchev–Trinajstić information content (AvgIpc) is 1.84. The third kappa shape index (κ3) is 7.71. The average molecular weight is 201 g/mol. The van der Waals surface area contributed by atoms with E-state index in [2.05, 4.69) is 4.74 Å². The summed E-state index contributed by atoms with van der Waals surface area (Å²) in [5.41, 5.74) is 0. The van der Waals surface area contributed by atoms with Crippen LogP contribution in [0.5, 0.6) is 0 Å². The molecule has 0 spiro atoms. The molecule has 0 atom stereocenters. The Morgan fingerprint density at radius 1 is 1.50 bits per heavy atom. The van der Waals surface area contributed by atoms with Gasteiger partial charge in [-0.15, -0.1) is 11.8 Å². The van der Waals surface area contributed by atoms with Gasteiger partial charge in [0.15, 0.2) is 5.90 Å². The Balaban J connectivity index is 3.37. The minimum atomic E-state index is -4.16. The summed E-state index contributed by atoms with van der Waals surface area (Å²) < 4.78 is 39.3. The van der Waals surface area contributed by atoms with Crippen LogP contribution in [0.2, 0.25) is 0 Å². The molecule has 0 aliphatic rings. The minimum Gasteiger partial charge on any atom is -0.481 e. The first-order valence-electron chi connectivity index (χ1n) is 3.30. The monoisotopic (exact) mass is 201 g/mol. The lowest BCUT2D eigenvalue weighted by atomic mass is 10.7. The summed E-state index contributed by atoms with van der Waals surface area (Å²) in [5.74, 6) is -1.05. The molecule has 0 bridgehead atoms. The molecule has 72 valence electrons. The summed E-state index contributed by atoms with van der Waals surface area (Å²) in [6.07, 6.45) is -4.16. The van der Waals surface area contributed by atoms with Crippen LogP contribution in [0, 0.1) is 5.41 Å². The molecule has 0 aromatic heterocycles. The van der Waals surface area contributed by atoms with Crippen LogP contribution < -0.4 is 0 Å². The molecule has 0 amide bonds. The fourth-order valence-corrected chi connectivity index (χ4v) is 1.08. The van der Waals surface area contributed by atoms with E-state index in [0.717, 1.165) is 0 Å². The normalized spacial score (nSPS) is 11.3. The van der Waals surface area contributed by atoms with Crippen molar-refractivity contribution in [2.24, 2.45) is 0 Å². The van der Waals surface area contributed by atoms with Gasteiger partial charge in [-0.2, -0.15) is 13.2 Å². The van der Waals surface area contributed by atoms with Gasteiger partial charge >= 0.3 is 6.18 Å². The SMILES string of the molecule is CCOC(=N)CSCC(F)(F)F. The number of rotatable bonds is 4. The highest BCUT2D eigenvalue weighted by molar-refractivity contribution is 8.00. The van der Waals surface area contributed by atoms with Crippen molar-refractivity contribution in [1.29, 1.82) is 5.41 Å². The third-order valence-corrected chi connectivity index (χ3v) is 1.82. The quantitative estimate of drug-likeness (QED) is 0.559. The summed E-state index contributed by atoms with van der Waals surface area (Å²) in [6, 6.07) is 0. The zero-order valence-corrected chi connectivity index (χ0v) is 7.39. The van der Waals surface area contributed by atoms with E-state index >= 15 is 0 Å². The maximum atomic E-state index is 11.6. The first kappa shape index (κ1) is 11.6. The van der Waals surface area contributed by atoms with Crippen molar-refractivity contribution in [1.82, 2.24) is 0 Å². The molecule has 2 nitrogen and oxygen atoms in total. The zero-order chi connectivity index (χ0) is 9.61.